The SMILES string of the molecule is COC(=O)c1ccc(C2C[C@H]3[C@@H](N2)[C@H](c2ccnc(Cl)c2F)[C@]2(C(=O)Nc4cc(Cl)ccc42)N3CC2CC2)c(N)c1. The second-order valence-electron chi connectivity index (χ2n) is 11.4. The summed E-state index contributed by atoms with van der Waals surface area (Å²) in [5, 5.41) is 7.07. The van der Waals surface area contributed by atoms with Gasteiger partial charge in [0, 0.05) is 64.3 Å². The summed E-state index contributed by atoms with van der Waals surface area (Å²) in [6.45, 7) is 0.693. The fourth-order valence-corrected chi connectivity index (χ4v) is 7.66. The number of aromatic nitrogens is 1. The number of ether oxygens (including phenoxy) is 1. The van der Waals surface area contributed by atoms with E-state index in [9.17, 15) is 9.59 Å². The largest absolute Gasteiger partial charge is 0.465 e. The summed E-state index contributed by atoms with van der Waals surface area (Å²) in [4.78, 5) is 32.6. The minimum absolute atomic E-state index is 0.121. The van der Waals surface area contributed by atoms with Gasteiger partial charge in [0.2, 0.25) is 5.91 Å². The van der Waals surface area contributed by atoms with Crippen LogP contribution in [0.2, 0.25) is 10.2 Å². The molecule has 0 radical (unpaired) electrons. The molecule has 1 unspecified atom stereocenters. The molecule has 1 amide bonds. The molecule has 4 N–H and O–H groups in total. The zero-order chi connectivity index (χ0) is 28.6. The fraction of sp³-hybridized carbons (Fsp3) is 0.367. The second-order valence-corrected chi connectivity index (χ2v) is 12.2. The number of nitrogen functional groups attached to an aromatic ring is 1. The number of pyridine rings is 1. The second kappa shape index (κ2) is 9.66. The van der Waals surface area contributed by atoms with Crippen LogP contribution < -0.4 is 16.4 Å². The van der Waals surface area contributed by atoms with E-state index in [1.54, 1.807) is 30.3 Å². The number of nitrogens with two attached hydrogens (primary N) is 1. The van der Waals surface area contributed by atoms with Crippen LogP contribution in [0, 0.1) is 11.7 Å². The summed E-state index contributed by atoms with van der Waals surface area (Å²) < 4.78 is 20.7. The lowest BCUT2D eigenvalue weighted by molar-refractivity contribution is -0.128. The lowest BCUT2D eigenvalue weighted by Crippen LogP contribution is -2.53. The summed E-state index contributed by atoms with van der Waals surface area (Å²) in [6, 6.07) is 11.5. The number of benzene rings is 2. The zero-order valence-electron chi connectivity index (χ0n) is 22.2. The highest BCUT2D eigenvalue weighted by atomic mass is 35.5. The molecule has 4 aliphatic rings. The molecule has 4 heterocycles. The number of hydrogen-bond donors (Lipinski definition) is 3. The van der Waals surface area contributed by atoms with Crippen molar-refractivity contribution in [3.8, 4) is 0 Å². The summed E-state index contributed by atoms with van der Waals surface area (Å²) in [5.74, 6) is -1.48. The number of hydrogen-bond acceptors (Lipinski definition) is 7. The number of halogens is 3. The van der Waals surface area contributed by atoms with Crippen LogP contribution in [-0.4, -0.2) is 47.5 Å². The van der Waals surface area contributed by atoms with E-state index in [0.717, 1.165) is 24.0 Å². The van der Waals surface area contributed by atoms with Gasteiger partial charge in [-0.3, -0.25) is 9.69 Å². The first kappa shape index (κ1) is 26.6. The van der Waals surface area contributed by atoms with Gasteiger partial charge in [-0.05, 0) is 61.1 Å². The molecule has 3 aliphatic heterocycles. The predicted octanol–water partition coefficient (Wildman–Crippen LogP) is 5.02. The Morgan fingerprint density at radius 2 is 2.00 bits per heavy atom. The van der Waals surface area contributed by atoms with E-state index in [1.807, 2.05) is 12.1 Å². The normalized spacial score (nSPS) is 28.5. The maximum absolute atomic E-state index is 15.9. The van der Waals surface area contributed by atoms with Crippen LogP contribution >= 0.6 is 23.2 Å². The molecule has 1 spiro atoms. The molecule has 212 valence electrons. The van der Waals surface area contributed by atoms with E-state index in [2.05, 4.69) is 20.5 Å². The molecule has 3 aromatic rings. The van der Waals surface area contributed by atoms with E-state index >= 15 is 4.39 Å². The molecule has 11 heteroatoms. The first-order valence-corrected chi connectivity index (χ1v) is 14.4. The van der Waals surface area contributed by atoms with Gasteiger partial charge >= 0.3 is 5.97 Å². The molecule has 2 saturated heterocycles. The highest BCUT2D eigenvalue weighted by Crippen LogP contribution is 2.61. The third-order valence-corrected chi connectivity index (χ3v) is 9.68. The van der Waals surface area contributed by atoms with Gasteiger partial charge in [-0.25, -0.2) is 14.2 Å². The molecule has 41 heavy (non-hydrogen) atoms. The maximum Gasteiger partial charge on any atom is 0.337 e. The van der Waals surface area contributed by atoms with Crippen molar-refractivity contribution in [2.75, 3.05) is 24.7 Å². The topological polar surface area (TPSA) is 110 Å². The quantitative estimate of drug-likeness (QED) is 0.216. The minimum atomic E-state index is -1.18. The number of rotatable bonds is 5. The molecule has 2 aromatic carbocycles. The Morgan fingerprint density at radius 3 is 2.73 bits per heavy atom. The highest BCUT2D eigenvalue weighted by molar-refractivity contribution is 6.31. The van der Waals surface area contributed by atoms with Crippen molar-refractivity contribution >= 4 is 46.5 Å². The monoisotopic (exact) mass is 595 g/mol. The van der Waals surface area contributed by atoms with Crippen LogP contribution in [0.25, 0.3) is 0 Å². The molecule has 1 aliphatic carbocycles. The average Bonchev–Trinajstić information content (AvgIpc) is 3.52. The number of amides is 1. The van der Waals surface area contributed by atoms with E-state index in [1.165, 1.54) is 13.3 Å². The Kier molecular flexibility index (Phi) is 6.28. The standard InChI is InChI=1S/C30H28Cl2FN5O3/c1-41-28(39)15-4-6-17(20(34)10-15)21-12-23-26(36-21)24(18-8-9-35-27(32)25(18)33)30(38(23)13-14-2-3-14)19-7-5-16(31)11-22(19)37-29(30)40/h4-11,14,21,23-24,26,36H,2-3,12-13,34H2,1H3,(H,37,40)/t21?,23-,24-,26+,30+/m0/s1. The molecule has 5 atom stereocenters. The van der Waals surface area contributed by atoms with Crippen LogP contribution in [0.15, 0.2) is 48.7 Å². The molecule has 7 rings (SSSR count). The van der Waals surface area contributed by atoms with Gasteiger partial charge in [0.1, 0.15) is 5.54 Å². The Labute approximate surface area is 246 Å². The number of anilines is 2. The Balaban J connectivity index is 1.38. The van der Waals surface area contributed by atoms with Gasteiger partial charge in [-0.1, -0.05) is 35.3 Å². The van der Waals surface area contributed by atoms with Crippen molar-refractivity contribution in [1.29, 1.82) is 0 Å². The van der Waals surface area contributed by atoms with Crippen molar-refractivity contribution in [2.24, 2.45) is 5.92 Å². The first-order valence-electron chi connectivity index (χ1n) is 13.7. The third kappa shape index (κ3) is 3.97. The maximum atomic E-state index is 15.9. The molecular formula is C30H28Cl2FN5O3. The van der Waals surface area contributed by atoms with Gasteiger partial charge in [0.05, 0.1) is 12.7 Å². The van der Waals surface area contributed by atoms with Crippen LogP contribution in [0.5, 0.6) is 0 Å². The van der Waals surface area contributed by atoms with Crippen LogP contribution in [-0.2, 0) is 15.1 Å². The highest BCUT2D eigenvalue weighted by Gasteiger charge is 2.69. The number of methoxy groups -OCH3 is 1. The predicted molar refractivity (Wildman–Crippen MR) is 153 cm³/mol. The molecular weight excluding hydrogens is 568 g/mol. The Bertz CT molecular complexity index is 1600. The number of carbonyl (C=O) groups excluding carboxylic acids is 2. The van der Waals surface area contributed by atoms with Crippen molar-refractivity contribution in [3.63, 3.8) is 0 Å². The van der Waals surface area contributed by atoms with E-state index in [4.69, 9.17) is 33.7 Å². The molecule has 1 aromatic heterocycles. The summed E-state index contributed by atoms with van der Waals surface area (Å²) >= 11 is 12.6. The van der Waals surface area contributed by atoms with Gasteiger partial charge < -0.3 is 21.1 Å². The van der Waals surface area contributed by atoms with Gasteiger partial charge in [-0.15, -0.1) is 0 Å². The number of likely N-dealkylation sites (tertiary alicyclic amines) is 1. The number of nitrogens with one attached hydrogen (secondary N) is 2. The smallest absolute Gasteiger partial charge is 0.337 e. The van der Waals surface area contributed by atoms with Crippen molar-refractivity contribution in [1.82, 2.24) is 15.2 Å². The van der Waals surface area contributed by atoms with Gasteiger partial charge in [-0.2, -0.15) is 0 Å². The lowest BCUT2D eigenvalue weighted by Gasteiger charge is -2.41. The minimum Gasteiger partial charge on any atom is -0.465 e. The van der Waals surface area contributed by atoms with Crippen molar-refractivity contribution in [3.05, 3.63) is 86.9 Å². The summed E-state index contributed by atoms with van der Waals surface area (Å²) in [6.07, 6.45) is 4.28. The van der Waals surface area contributed by atoms with E-state index in [-0.39, 0.29) is 29.2 Å². The third-order valence-electron chi connectivity index (χ3n) is 9.18. The average molecular weight is 596 g/mol. The van der Waals surface area contributed by atoms with Gasteiger partial charge in [0.15, 0.2) is 11.0 Å². The zero-order valence-corrected chi connectivity index (χ0v) is 23.7. The first-order chi connectivity index (χ1) is 19.7. The van der Waals surface area contributed by atoms with Gasteiger partial charge in [0.25, 0.3) is 0 Å². The van der Waals surface area contributed by atoms with Crippen molar-refractivity contribution < 1.29 is 18.7 Å². The van der Waals surface area contributed by atoms with Crippen molar-refractivity contribution in [2.45, 2.75) is 48.8 Å². The Hall–Kier alpha value is -3.24. The Morgan fingerprint density at radius 1 is 1.20 bits per heavy atom. The van der Waals surface area contributed by atoms with Crippen LogP contribution in [0.3, 0.4) is 0 Å². The molecule has 3 fully saturated rings. The van der Waals surface area contributed by atoms with E-state index in [0.29, 0.717) is 46.4 Å². The number of fused-ring (bicyclic) bond motifs is 3. The summed E-state index contributed by atoms with van der Waals surface area (Å²) in [5.41, 5.74) is 8.68. The molecule has 8 nitrogen and oxygen atoms in total. The summed E-state index contributed by atoms with van der Waals surface area (Å²) in [7, 11) is 1.33. The number of nitrogens with zero attached hydrogens (tertiary/aromatic N) is 2. The van der Waals surface area contributed by atoms with Crippen LogP contribution in [0.1, 0.15) is 58.3 Å². The molecule has 1 saturated carbocycles. The molecule has 0 bridgehead atoms. The van der Waals surface area contributed by atoms with E-state index < -0.39 is 23.2 Å². The number of esters is 1. The number of carbonyl (C=O) groups is 2. The van der Waals surface area contributed by atoms with Crippen LogP contribution in [0.4, 0.5) is 15.8 Å². The lowest BCUT2D eigenvalue weighted by atomic mass is 9.74. The fourth-order valence-electron chi connectivity index (χ4n) is 7.33.